The summed E-state index contributed by atoms with van der Waals surface area (Å²) in [5, 5.41) is 13.4. The summed E-state index contributed by atoms with van der Waals surface area (Å²) in [6.07, 6.45) is 2.93. The number of aliphatic hydroxyl groups is 1. The third kappa shape index (κ3) is 7.16. The van der Waals surface area contributed by atoms with Crippen LogP contribution in [0.4, 0.5) is 0 Å². The Morgan fingerprint density at radius 3 is 2.60 bits per heavy atom. The molecule has 136 valence electrons. The number of hydrogen-bond acceptors (Lipinski definition) is 3. The smallest absolute Gasteiger partial charge is 0.124 e. The van der Waals surface area contributed by atoms with Gasteiger partial charge >= 0.3 is 0 Å². The van der Waals surface area contributed by atoms with Gasteiger partial charge in [0.1, 0.15) is 12.4 Å². The van der Waals surface area contributed by atoms with Crippen molar-refractivity contribution in [1.29, 1.82) is 0 Å². The highest BCUT2D eigenvalue weighted by Crippen LogP contribution is 2.26. The SMILES string of the molecule is OCCCCCNCc1cc(Br)ccc1OCc1ccc(Cl)cc1Cl. The van der Waals surface area contributed by atoms with Gasteiger partial charge in [-0.15, -0.1) is 0 Å². The maximum absolute atomic E-state index is 8.80. The van der Waals surface area contributed by atoms with Crippen molar-refractivity contribution >= 4 is 39.1 Å². The van der Waals surface area contributed by atoms with Crippen LogP contribution in [0.3, 0.4) is 0 Å². The molecular weight excluding hydrogens is 425 g/mol. The Morgan fingerprint density at radius 2 is 1.84 bits per heavy atom. The van der Waals surface area contributed by atoms with Crippen LogP contribution in [0.2, 0.25) is 10.0 Å². The van der Waals surface area contributed by atoms with E-state index >= 15 is 0 Å². The molecule has 0 bridgehead atoms. The fraction of sp³-hybridized carbons (Fsp3) is 0.368. The van der Waals surface area contributed by atoms with E-state index in [1.807, 2.05) is 24.3 Å². The number of nitrogens with one attached hydrogen (secondary N) is 1. The van der Waals surface area contributed by atoms with Crippen molar-refractivity contribution in [2.75, 3.05) is 13.2 Å². The van der Waals surface area contributed by atoms with Crippen molar-refractivity contribution in [3.8, 4) is 5.75 Å². The van der Waals surface area contributed by atoms with Crippen molar-refractivity contribution in [1.82, 2.24) is 5.32 Å². The van der Waals surface area contributed by atoms with Gasteiger partial charge in [-0.25, -0.2) is 0 Å². The second-order valence-electron chi connectivity index (χ2n) is 5.74. The van der Waals surface area contributed by atoms with E-state index in [0.29, 0.717) is 16.7 Å². The third-order valence-electron chi connectivity index (χ3n) is 3.75. The summed E-state index contributed by atoms with van der Waals surface area (Å²) in [6, 6.07) is 11.4. The lowest BCUT2D eigenvalue weighted by Crippen LogP contribution is -2.15. The highest BCUT2D eigenvalue weighted by atomic mass is 79.9. The monoisotopic (exact) mass is 445 g/mol. The summed E-state index contributed by atoms with van der Waals surface area (Å²) in [5.74, 6) is 0.831. The number of aliphatic hydroxyl groups excluding tert-OH is 1. The summed E-state index contributed by atoms with van der Waals surface area (Å²) in [5.41, 5.74) is 1.98. The van der Waals surface area contributed by atoms with Gasteiger partial charge in [-0.05, 0) is 56.1 Å². The number of hydrogen-bond donors (Lipinski definition) is 2. The molecule has 0 saturated heterocycles. The molecule has 0 heterocycles. The highest BCUT2D eigenvalue weighted by Gasteiger charge is 2.07. The Hall–Kier alpha value is -0.780. The van der Waals surface area contributed by atoms with Crippen LogP contribution in [0.5, 0.6) is 5.75 Å². The maximum atomic E-state index is 8.80. The summed E-state index contributed by atoms with van der Waals surface area (Å²) >= 11 is 15.6. The van der Waals surface area contributed by atoms with Crippen LogP contribution in [0.15, 0.2) is 40.9 Å². The van der Waals surface area contributed by atoms with Crippen LogP contribution in [0.25, 0.3) is 0 Å². The average molecular weight is 447 g/mol. The number of unbranched alkanes of at least 4 members (excludes halogenated alkanes) is 2. The van der Waals surface area contributed by atoms with E-state index in [4.69, 9.17) is 33.0 Å². The van der Waals surface area contributed by atoms with Gasteiger partial charge in [0.25, 0.3) is 0 Å². The molecule has 0 aromatic heterocycles. The van der Waals surface area contributed by atoms with Crippen LogP contribution < -0.4 is 10.1 Å². The normalized spacial score (nSPS) is 10.9. The molecule has 0 radical (unpaired) electrons. The largest absolute Gasteiger partial charge is 0.489 e. The lowest BCUT2D eigenvalue weighted by Gasteiger charge is -2.14. The topological polar surface area (TPSA) is 41.5 Å². The molecule has 2 N–H and O–H groups in total. The van der Waals surface area contributed by atoms with Gasteiger partial charge in [-0.1, -0.05) is 45.2 Å². The molecule has 0 unspecified atom stereocenters. The Labute approximate surface area is 167 Å². The van der Waals surface area contributed by atoms with Crippen molar-refractivity contribution in [3.05, 3.63) is 62.0 Å². The quantitative estimate of drug-likeness (QED) is 0.467. The number of benzene rings is 2. The van der Waals surface area contributed by atoms with Crippen molar-refractivity contribution in [2.45, 2.75) is 32.4 Å². The van der Waals surface area contributed by atoms with Crippen molar-refractivity contribution in [3.63, 3.8) is 0 Å². The molecule has 6 heteroatoms. The zero-order valence-electron chi connectivity index (χ0n) is 13.9. The van der Waals surface area contributed by atoms with E-state index in [1.165, 1.54) is 0 Å². The zero-order chi connectivity index (χ0) is 18.1. The molecule has 0 spiro atoms. The van der Waals surface area contributed by atoms with E-state index in [9.17, 15) is 0 Å². The minimum absolute atomic E-state index is 0.261. The molecule has 0 aliphatic rings. The third-order valence-corrected chi connectivity index (χ3v) is 4.83. The van der Waals surface area contributed by atoms with Crippen molar-refractivity contribution < 1.29 is 9.84 Å². The fourth-order valence-corrected chi connectivity index (χ4v) is 3.25. The molecule has 0 fully saturated rings. The van der Waals surface area contributed by atoms with E-state index in [0.717, 1.165) is 53.7 Å². The standard InChI is InChI=1S/C19H22BrCl2NO2/c20-16-5-7-19(15(10-16)12-23-8-2-1-3-9-24)25-13-14-4-6-17(21)11-18(14)22/h4-7,10-11,23-24H,1-3,8-9,12-13H2. The molecule has 0 aliphatic carbocycles. The summed E-state index contributed by atoms with van der Waals surface area (Å²) in [7, 11) is 0. The van der Waals surface area contributed by atoms with Crippen LogP contribution in [-0.2, 0) is 13.2 Å². The number of ether oxygens (including phenoxy) is 1. The van der Waals surface area contributed by atoms with Crippen LogP contribution in [0.1, 0.15) is 30.4 Å². The van der Waals surface area contributed by atoms with E-state index in [1.54, 1.807) is 6.07 Å². The highest BCUT2D eigenvalue weighted by molar-refractivity contribution is 9.10. The fourth-order valence-electron chi connectivity index (χ4n) is 2.38. The molecule has 2 aromatic carbocycles. The predicted octanol–water partition coefficient (Wildman–Crippen LogP) is 5.59. The first kappa shape index (κ1) is 20.5. The van der Waals surface area contributed by atoms with Crippen LogP contribution in [0, 0.1) is 0 Å². The molecule has 2 aromatic rings. The van der Waals surface area contributed by atoms with Gasteiger partial charge in [0.15, 0.2) is 0 Å². The van der Waals surface area contributed by atoms with Crippen LogP contribution in [-0.4, -0.2) is 18.3 Å². The lowest BCUT2D eigenvalue weighted by molar-refractivity contribution is 0.282. The van der Waals surface area contributed by atoms with Gasteiger partial charge < -0.3 is 15.2 Å². The molecule has 0 atom stereocenters. The predicted molar refractivity (Wildman–Crippen MR) is 108 cm³/mol. The van der Waals surface area contributed by atoms with Gasteiger partial charge in [-0.2, -0.15) is 0 Å². The molecule has 0 aliphatic heterocycles. The second kappa shape index (κ2) is 11.0. The first-order valence-electron chi connectivity index (χ1n) is 8.27. The van der Waals surface area contributed by atoms with Gasteiger partial charge in [0, 0.05) is 38.8 Å². The minimum atomic E-state index is 0.261. The summed E-state index contributed by atoms with van der Waals surface area (Å²) in [6.45, 7) is 2.29. The molecule has 3 nitrogen and oxygen atoms in total. The van der Waals surface area contributed by atoms with Crippen LogP contribution >= 0.6 is 39.1 Å². The molecule has 0 amide bonds. The first-order valence-corrected chi connectivity index (χ1v) is 9.82. The summed E-state index contributed by atoms with van der Waals surface area (Å²) < 4.78 is 6.99. The Kier molecular flexibility index (Phi) is 9.07. The Bertz CT molecular complexity index is 682. The Balaban J connectivity index is 1.93. The molecule has 0 saturated carbocycles. The van der Waals surface area contributed by atoms with Gasteiger partial charge in [-0.3, -0.25) is 0 Å². The first-order chi connectivity index (χ1) is 12.1. The van der Waals surface area contributed by atoms with Gasteiger partial charge in [0.2, 0.25) is 0 Å². The summed E-state index contributed by atoms with van der Waals surface area (Å²) in [4.78, 5) is 0. The molecule has 2 rings (SSSR count). The van der Waals surface area contributed by atoms with Gasteiger partial charge in [0.05, 0.1) is 0 Å². The van der Waals surface area contributed by atoms with Crippen molar-refractivity contribution in [2.24, 2.45) is 0 Å². The van der Waals surface area contributed by atoms with E-state index in [-0.39, 0.29) is 6.61 Å². The molecule has 25 heavy (non-hydrogen) atoms. The molecular formula is C19H22BrCl2NO2. The van der Waals surface area contributed by atoms with E-state index in [2.05, 4.69) is 27.3 Å². The van der Waals surface area contributed by atoms with E-state index < -0.39 is 0 Å². The maximum Gasteiger partial charge on any atom is 0.124 e. The second-order valence-corrected chi connectivity index (χ2v) is 7.50. The lowest BCUT2D eigenvalue weighted by atomic mass is 10.2. The minimum Gasteiger partial charge on any atom is -0.489 e. The number of halogens is 3. The number of rotatable bonds is 10. The Morgan fingerprint density at radius 1 is 1.00 bits per heavy atom. The zero-order valence-corrected chi connectivity index (χ0v) is 17.0. The average Bonchev–Trinajstić information content (AvgIpc) is 2.58.